The molecule has 0 aliphatic rings. The van der Waals surface area contributed by atoms with Gasteiger partial charge in [0.25, 0.3) is 0 Å². The van der Waals surface area contributed by atoms with Crippen LogP contribution in [0.3, 0.4) is 0 Å². The minimum Gasteiger partial charge on any atom is -0.451 e. The van der Waals surface area contributed by atoms with Crippen LogP contribution in [0.2, 0.25) is 0 Å². The summed E-state index contributed by atoms with van der Waals surface area (Å²) in [5, 5.41) is 8.74. The van der Waals surface area contributed by atoms with Gasteiger partial charge in [0.2, 0.25) is 5.78 Å². The maximum atomic E-state index is 12.3. The quantitative estimate of drug-likeness (QED) is 0.665. The van der Waals surface area contributed by atoms with E-state index in [0.717, 1.165) is 5.69 Å². The molecule has 0 atom stereocenters. The fourth-order valence-electron chi connectivity index (χ4n) is 1.98. The lowest BCUT2D eigenvalue weighted by atomic mass is 10.1. The molecular formula is C16H10N2O2. The van der Waals surface area contributed by atoms with Crippen molar-refractivity contribution in [3.05, 3.63) is 65.0 Å². The predicted octanol–water partition coefficient (Wildman–Crippen LogP) is 3.24. The number of carbonyl (C=O) groups excluding carboxylic acids is 1. The van der Waals surface area contributed by atoms with Gasteiger partial charge in [-0.3, -0.25) is 4.79 Å². The normalized spacial score (nSPS) is 10.4. The summed E-state index contributed by atoms with van der Waals surface area (Å²) in [6.45, 7) is 1.88. The Morgan fingerprint density at radius 3 is 2.65 bits per heavy atom. The summed E-state index contributed by atoms with van der Waals surface area (Å²) in [6, 6.07) is 13.7. The third-order valence-corrected chi connectivity index (χ3v) is 3.01. The number of hydrogen-bond donors (Lipinski definition) is 0. The first kappa shape index (κ1) is 12.1. The molecule has 0 fully saturated rings. The lowest BCUT2D eigenvalue weighted by molar-refractivity contribution is 0.101. The molecule has 0 radical (unpaired) electrons. The Balaban J connectivity index is 2.01. The summed E-state index contributed by atoms with van der Waals surface area (Å²) in [4.78, 5) is 16.6. The Bertz CT molecular complexity index is 839. The summed E-state index contributed by atoms with van der Waals surface area (Å²) in [7, 11) is 0. The van der Waals surface area contributed by atoms with Crippen LogP contribution in [-0.2, 0) is 0 Å². The van der Waals surface area contributed by atoms with Crippen molar-refractivity contribution in [3.63, 3.8) is 0 Å². The van der Waals surface area contributed by atoms with Crippen molar-refractivity contribution in [1.82, 2.24) is 4.98 Å². The molecule has 0 aliphatic carbocycles. The van der Waals surface area contributed by atoms with Gasteiger partial charge in [0, 0.05) is 17.3 Å². The zero-order chi connectivity index (χ0) is 14.1. The van der Waals surface area contributed by atoms with Gasteiger partial charge in [0.15, 0.2) is 11.3 Å². The number of rotatable bonds is 2. The molecule has 3 rings (SSSR count). The van der Waals surface area contributed by atoms with E-state index in [1.54, 1.807) is 36.4 Å². The minimum absolute atomic E-state index is 0.217. The molecule has 2 aromatic heterocycles. The molecule has 96 valence electrons. The summed E-state index contributed by atoms with van der Waals surface area (Å²) >= 11 is 0. The van der Waals surface area contributed by atoms with Gasteiger partial charge in [-0.25, -0.2) is 4.98 Å². The number of aromatic nitrogens is 1. The highest BCUT2D eigenvalue weighted by Gasteiger charge is 2.15. The van der Waals surface area contributed by atoms with Crippen molar-refractivity contribution in [2.24, 2.45) is 0 Å². The molecule has 0 spiro atoms. The smallest absolute Gasteiger partial charge is 0.228 e. The number of hydrogen-bond acceptors (Lipinski definition) is 4. The zero-order valence-electron chi connectivity index (χ0n) is 10.8. The fraction of sp³-hybridized carbons (Fsp3) is 0.0625. The largest absolute Gasteiger partial charge is 0.451 e. The minimum atomic E-state index is -0.217. The number of furan rings is 1. The highest BCUT2D eigenvalue weighted by atomic mass is 16.3. The molecule has 0 saturated heterocycles. The first-order chi connectivity index (χ1) is 9.67. The van der Waals surface area contributed by atoms with Crippen molar-refractivity contribution in [2.45, 2.75) is 6.92 Å². The lowest BCUT2D eigenvalue weighted by Crippen LogP contribution is -1.99. The Kier molecular flexibility index (Phi) is 2.81. The van der Waals surface area contributed by atoms with Crippen LogP contribution in [0.5, 0.6) is 0 Å². The van der Waals surface area contributed by atoms with Crippen LogP contribution in [0.4, 0.5) is 0 Å². The van der Waals surface area contributed by atoms with Crippen LogP contribution >= 0.6 is 0 Å². The number of nitrogens with zero attached hydrogens (tertiary/aromatic N) is 2. The summed E-state index contributed by atoms with van der Waals surface area (Å²) in [5.74, 6) is 0.0351. The second-order valence-corrected chi connectivity index (χ2v) is 4.46. The monoisotopic (exact) mass is 262 g/mol. The van der Waals surface area contributed by atoms with Gasteiger partial charge in [0.1, 0.15) is 5.52 Å². The van der Waals surface area contributed by atoms with Crippen LogP contribution < -0.4 is 0 Å². The molecule has 0 bridgehead atoms. The predicted molar refractivity (Wildman–Crippen MR) is 73.3 cm³/mol. The molecule has 3 aromatic rings. The summed E-state index contributed by atoms with van der Waals surface area (Å²) in [5.41, 5.74) is 3.13. The topological polar surface area (TPSA) is 66.9 Å². The Morgan fingerprint density at radius 1 is 1.20 bits per heavy atom. The second-order valence-electron chi connectivity index (χ2n) is 4.46. The van der Waals surface area contributed by atoms with Crippen LogP contribution in [0.1, 0.15) is 27.4 Å². The van der Waals surface area contributed by atoms with Crippen LogP contribution in [0, 0.1) is 18.3 Å². The van der Waals surface area contributed by atoms with Crippen molar-refractivity contribution < 1.29 is 9.21 Å². The van der Waals surface area contributed by atoms with Gasteiger partial charge in [-0.05, 0) is 43.3 Å². The highest BCUT2D eigenvalue weighted by molar-refractivity contribution is 6.08. The van der Waals surface area contributed by atoms with Crippen LogP contribution in [0.25, 0.3) is 11.1 Å². The molecule has 0 aliphatic heterocycles. The average Bonchev–Trinajstić information content (AvgIpc) is 2.89. The summed E-state index contributed by atoms with van der Waals surface area (Å²) < 4.78 is 5.52. The number of carbonyl (C=O) groups is 1. The fourth-order valence-corrected chi connectivity index (χ4v) is 1.98. The van der Waals surface area contributed by atoms with Crippen LogP contribution in [0.15, 0.2) is 46.9 Å². The standard InChI is InChI=1S/C16H10N2O2/c1-10-2-7-14-13(18-10)8-15(20-14)16(19)12-5-3-11(9-17)4-6-12/h2-8H,1H3. The first-order valence-electron chi connectivity index (χ1n) is 6.09. The Labute approximate surface area is 115 Å². The van der Waals surface area contributed by atoms with Gasteiger partial charge in [0.05, 0.1) is 11.6 Å². The van der Waals surface area contributed by atoms with E-state index in [0.29, 0.717) is 22.2 Å². The van der Waals surface area contributed by atoms with E-state index >= 15 is 0 Å². The Hall–Kier alpha value is -2.93. The van der Waals surface area contributed by atoms with Gasteiger partial charge < -0.3 is 4.42 Å². The van der Waals surface area contributed by atoms with Gasteiger partial charge >= 0.3 is 0 Å². The van der Waals surface area contributed by atoms with Gasteiger partial charge in [-0.15, -0.1) is 0 Å². The molecule has 4 nitrogen and oxygen atoms in total. The molecule has 0 unspecified atom stereocenters. The maximum Gasteiger partial charge on any atom is 0.228 e. The number of fused-ring (bicyclic) bond motifs is 1. The van der Waals surface area contributed by atoms with E-state index in [1.165, 1.54) is 0 Å². The number of ketones is 1. The molecule has 1 aromatic carbocycles. The van der Waals surface area contributed by atoms with E-state index in [1.807, 2.05) is 19.1 Å². The highest BCUT2D eigenvalue weighted by Crippen LogP contribution is 2.20. The van der Waals surface area contributed by atoms with Gasteiger partial charge in [-0.2, -0.15) is 5.26 Å². The lowest BCUT2D eigenvalue weighted by Gasteiger charge is -1.96. The zero-order valence-corrected chi connectivity index (χ0v) is 10.8. The molecule has 20 heavy (non-hydrogen) atoms. The number of benzene rings is 1. The third kappa shape index (κ3) is 2.06. The van der Waals surface area contributed by atoms with E-state index in [4.69, 9.17) is 9.68 Å². The van der Waals surface area contributed by atoms with Crippen LogP contribution in [-0.4, -0.2) is 10.8 Å². The molecule has 0 N–H and O–H groups in total. The molecule has 4 heteroatoms. The SMILES string of the molecule is Cc1ccc2oc(C(=O)c3ccc(C#N)cc3)cc2n1. The van der Waals surface area contributed by atoms with E-state index in [2.05, 4.69) is 4.98 Å². The van der Waals surface area contributed by atoms with Crippen molar-refractivity contribution in [1.29, 1.82) is 5.26 Å². The maximum absolute atomic E-state index is 12.3. The number of nitriles is 1. The average molecular weight is 262 g/mol. The summed E-state index contributed by atoms with van der Waals surface area (Å²) in [6.07, 6.45) is 0. The third-order valence-electron chi connectivity index (χ3n) is 3.01. The first-order valence-corrected chi connectivity index (χ1v) is 6.09. The van der Waals surface area contributed by atoms with Crippen molar-refractivity contribution >= 4 is 16.9 Å². The van der Waals surface area contributed by atoms with E-state index in [9.17, 15) is 4.79 Å². The van der Waals surface area contributed by atoms with Crippen molar-refractivity contribution in [2.75, 3.05) is 0 Å². The number of aryl methyl sites for hydroxylation is 1. The molecule has 2 heterocycles. The number of pyridine rings is 1. The van der Waals surface area contributed by atoms with Crippen molar-refractivity contribution in [3.8, 4) is 6.07 Å². The second kappa shape index (κ2) is 4.63. The molecule has 0 amide bonds. The molecular weight excluding hydrogens is 252 g/mol. The Morgan fingerprint density at radius 2 is 1.95 bits per heavy atom. The van der Waals surface area contributed by atoms with E-state index < -0.39 is 0 Å². The van der Waals surface area contributed by atoms with E-state index in [-0.39, 0.29) is 11.5 Å². The molecule has 0 saturated carbocycles. The van der Waals surface area contributed by atoms with Gasteiger partial charge in [-0.1, -0.05) is 0 Å².